The number of anilines is 1. The molecular formula is C25H32N4O2. The Morgan fingerprint density at radius 3 is 2.71 bits per heavy atom. The molecule has 164 valence electrons. The molecule has 2 aliphatic rings. The molecule has 0 aliphatic carbocycles. The molecular weight excluding hydrogens is 388 g/mol. The van der Waals surface area contributed by atoms with Gasteiger partial charge in [-0.15, -0.1) is 0 Å². The second kappa shape index (κ2) is 9.16. The van der Waals surface area contributed by atoms with E-state index in [0.29, 0.717) is 31.8 Å². The fraction of sp³-hybridized carbons (Fsp3) is 0.520. The van der Waals surface area contributed by atoms with E-state index >= 15 is 0 Å². The average molecular weight is 421 g/mol. The maximum absolute atomic E-state index is 12.7. The lowest BCUT2D eigenvalue weighted by molar-refractivity contribution is -0.130. The van der Waals surface area contributed by atoms with Crippen molar-refractivity contribution < 1.29 is 9.59 Å². The van der Waals surface area contributed by atoms with Crippen molar-refractivity contribution in [3.05, 3.63) is 53.0 Å². The molecule has 1 saturated heterocycles. The van der Waals surface area contributed by atoms with E-state index in [4.69, 9.17) is 9.97 Å². The molecule has 6 heteroatoms. The number of aryl methyl sites for hydroxylation is 2. The summed E-state index contributed by atoms with van der Waals surface area (Å²) in [5.74, 6) is 2.39. The van der Waals surface area contributed by atoms with Gasteiger partial charge in [0.05, 0.1) is 6.42 Å². The van der Waals surface area contributed by atoms with E-state index in [2.05, 4.69) is 26.0 Å². The zero-order valence-corrected chi connectivity index (χ0v) is 18.8. The summed E-state index contributed by atoms with van der Waals surface area (Å²) in [5, 5.41) is 0. The number of nitrogens with zero attached hydrogens (tertiary/aromatic N) is 4. The Labute approximate surface area is 184 Å². The molecule has 3 heterocycles. The zero-order valence-electron chi connectivity index (χ0n) is 18.8. The van der Waals surface area contributed by atoms with E-state index in [1.807, 2.05) is 34.9 Å². The van der Waals surface area contributed by atoms with Gasteiger partial charge in [0.1, 0.15) is 11.6 Å². The van der Waals surface area contributed by atoms with E-state index in [1.165, 1.54) is 5.56 Å². The molecule has 1 unspecified atom stereocenters. The van der Waals surface area contributed by atoms with Crippen molar-refractivity contribution in [3.8, 4) is 0 Å². The predicted octanol–water partition coefficient (Wildman–Crippen LogP) is 3.67. The summed E-state index contributed by atoms with van der Waals surface area (Å²) in [6, 6.07) is 10.4. The summed E-state index contributed by atoms with van der Waals surface area (Å²) < 4.78 is 0. The van der Waals surface area contributed by atoms with Crippen molar-refractivity contribution in [1.29, 1.82) is 0 Å². The van der Waals surface area contributed by atoms with Crippen LogP contribution in [0.15, 0.2) is 30.3 Å². The molecule has 0 saturated carbocycles. The molecule has 1 aromatic heterocycles. The van der Waals surface area contributed by atoms with Crippen molar-refractivity contribution in [2.75, 3.05) is 24.5 Å². The third kappa shape index (κ3) is 4.78. The van der Waals surface area contributed by atoms with Crippen molar-refractivity contribution in [2.24, 2.45) is 5.92 Å². The Balaban J connectivity index is 1.46. The first kappa shape index (κ1) is 21.5. The van der Waals surface area contributed by atoms with Gasteiger partial charge in [-0.3, -0.25) is 14.5 Å². The SMILES string of the molecule is Cc1nc(C2CCN(C(=O)CC(C)C)C2)nc2c1CC(=O)N2CCCc1ccccc1. The molecule has 1 fully saturated rings. The summed E-state index contributed by atoms with van der Waals surface area (Å²) in [4.78, 5) is 38.6. The third-order valence-corrected chi connectivity index (χ3v) is 6.27. The largest absolute Gasteiger partial charge is 0.342 e. The lowest BCUT2D eigenvalue weighted by atomic mass is 10.1. The number of hydrogen-bond donors (Lipinski definition) is 0. The van der Waals surface area contributed by atoms with E-state index in [9.17, 15) is 9.59 Å². The van der Waals surface area contributed by atoms with E-state index in [-0.39, 0.29) is 17.7 Å². The third-order valence-electron chi connectivity index (χ3n) is 6.27. The fourth-order valence-corrected chi connectivity index (χ4v) is 4.57. The first-order valence-corrected chi connectivity index (χ1v) is 11.4. The van der Waals surface area contributed by atoms with Gasteiger partial charge in [0.15, 0.2) is 0 Å². The minimum Gasteiger partial charge on any atom is -0.342 e. The Hall–Kier alpha value is -2.76. The summed E-state index contributed by atoms with van der Waals surface area (Å²) in [6.07, 6.45) is 3.68. The monoisotopic (exact) mass is 420 g/mol. The normalized spacial score (nSPS) is 18.2. The fourth-order valence-electron chi connectivity index (χ4n) is 4.57. The van der Waals surface area contributed by atoms with Crippen LogP contribution in [0.3, 0.4) is 0 Å². The molecule has 4 rings (SSSR count). The quantitative estimate of drug-likeness (QED) is 0.686. The predicted molar refractivity (Wildman–Crippen MR) is 121 cm³/mol. The molecule has 0 radical (unpaired) electrons. The highest BCUT2D eigenvalue weighted by Gasteiger charge is 2.34. The second-order valence-corrected chi connectivity index (χ2v) is 9.20. The van der Waals surface area contributed by atoms with Gasteiger partial charge in [0.2, 0.25) is 11.8 Å². The molecule has 31 heavy (non-hydrogen) atoms. The van der Waals surface area contributed by atoms with Crippen LogP contribution < -0.4 is 4.90 Å². The van der Waals surface area contributed by atoms with E-state index < -0.39 is 0 Å². The molecule has 0 bridgehead atoms. The summed E-state index contributed by atoms with van der Waals surface area (Å²) >= 11 is 0. The van der Waals surface area contributed by atoms with Crippen LogP contribution >= 0.6 is 0 Å². The smallest absolute Gasteiger partial charge is 0.232 e. The molecule has 0 spiro atoms. The van der Waals surface area contributed by atoms with Crippen LogP contribution in [0.25, 0.3) is 0 Å². The first-order chi connectivity index (χ1) is 14.9. The number of hydrogen-bond acceptors (Lipinski definition) is 4. The number of fused-ring (bicyclic) bond motifs is 1. The average Bonchev–Trinajstić information content (AvgIpc) is 3.34. The molecule has 6 nitrogen and oxygen atoms in total. The number of amides is 2. The second-order valence-electron chi connectivity index (χ2n) is 9.20. The van der Waals surface area contributed by atoms with Gasteiger partial charge in [0, 0.05) is 43.2 Å². The van der Waals surface area contributed by atoms with Crippen molar-refractivity contribution in [1.82, 2.24) is 14.9 Å². The van der Waals surface area contributed by atoms with Crippen LogP contribution in [0, 0.1) is 12.8 Å². The zero-order chi connectivity index (χ0) is 22.0. The van der Waals surface area contributed by atoms with Crippen LogP contribution in [0.1, 0.15) is 61.7 Å². The number of carbonyl (C=O) groups excluding carboxylic acids is 2. The maximum atomic E-state index is 12.7. The topological polar surface area (TPSA) is 66.4 Å². The van der Waals surface area contributed by atoms with Crippen LogP contribution in [0.2, 0.25) is 0 Å². The van der Waals surface area contributed by atoms with E-state index in [1.54, 1.807) is 0 Å². The summed E-state index contributed by atoms with van der Waals surface area (Å²) in [6.45, 7) is 8.21. The molecule has 2 aliphatic heterocycles. The Morgan fingerprint density at radius 1 is 1.19 bits per heavy atom. The number of likely N-dealkylation sites (tertiary alicyclic amines) is 1. The molecule has 2 aromatic rings. The maximum Gasteiger partial charge on any atom is 0.232 e. The molecule has 1 atom stereocenters. The Morgan fingerprint density at radius 2 is 1.97 bits per heavy atom. The summed E-state index contributed by atoms with van der Waals surface area (Å²) in [7, 11) is 0. The lowest BCUT2D eigenvalue weighted by Gasteiger charge is -2.19. The van der Waals surface area contributed by atoms with Gasteiger partial charge >= 0.3 is 0 Å². The van der Waals surface area contributed by atoms with Crippen LogP contribution in [-0.2, 0) is 22.4 Å². The number of rotatable bonds is 7. The molecule has 1 aromatic carbocycles. The van der Waals surface area contributed by atoms with Crippen LogP contribution in [0.5, 0.6) is 0 Å². The standard InChI is InChI=1S/C25H32N4O2/c1-17(2)14-22(30)28-13-11-20(16-28)24-26-18(3)21-15-23(31)29(25(21)27-24)12-7-10-19-8-5-4-6-9-19/h4-6,8-9,17,20H,7,10-16H2,1-3H3. The Kier molecular flexibility index (Phi) is 6.35. The summed E-state index contributed by atoms with van der Waals surface area (Å²) in [5.41, 5.74) is 3.14. The highest BCUT2D eigenvalue weighted by Crippen LogP contribution is 2.33. The lowest BCUT2D eigenvalue weighted by Crippen LogP contribution is -2.30. The van der Waals surface area contributed by atoms with Crippen molar-refractivity contribution in [3.63, 3.8) is 0 Å². The van der Waals surface area contributed by atoms with Crippen LogP contribution in [-0.4, -0.2) is 46.3 Å². The van der Waals surface area contributed by atoms with Gasteiger partial charge in [-0.1, -0.05) is 44.2 Å². The van der Waals surface area contributed by atoms with Crippen LogP contribution in [0.4, 0.5) is 5.82 Å². The Bertz CT molecular complexity index is 957. The molecule has 0 N–H and O–H groups in total. The van der Waals surface area contributed by atoms with Gasteiger partial charge in [-0.2, -0.15) is 0 Å². The minimum absolute atomic E-state index is 0.109. The molecule has 2 amide bonds. The highest BCUT2D eigenvalue weighted by atomic mass is 16.2. The van der Waals surface area contributed by atoms with Crippen molar-refractivity contribution in [2.45, 2.75) is 58.8 Å². The first-order valence-electron chi connectivity index (χ1n) is 11.4. The van der Waals surface area contributed by atoms with Crippen molar-refractivity contribution >= 4 is 17.6 Å². The minimum atomic E-state index is 0.109. The number of benzene rings is 1. The van der Waals surface area contributed by atoms with Gasteiger partial charge in [-0.05, 0) is 37.7 Å². The van der Waals surface area contributed by atoms with Gasteiger partial charge < -0.3 is 4.90 Å². The van der Waals surface area contributed by atoms with Gasteiger partial charge in [0.25, 0.3) is 0 Å². The van der Waals surface area contributed by atoms with E-state index in [0.717, 1.165) is 48.7 Å². The highest BCUT2D eigenvalue weighted by molar-refractivity contribution is 6.00. The number of carbonyl (C=O) groups is 2. The van der Waals surface area contributed by atoms with Gasteiger partial charge in [-0.25, -0.2) is 9.97 Å². The number of aromatic nitrogens is 2.